The molecule has 9 heteroatoms. The Morgan fingerprint density at radius 2 is 1.97 bits per heavy atom. The van der Waals surface area contributed by atoms with E-state index >= 15 is 0 Å². The maximum Gasteiger partial charge on any atom is 0.230 e. The number of halogens is 1. The molecule has 1 aliphatic heterocycles. The Morgan fingerprint density at radius 3 is 2.79 bits per heavy atom. The normalized spacial score (nSPS) is 20.6. The van der Waals surface area contributed by atoms with Gasteiger partial charge in [-0.25, -0.2) is 19.3 Å². The SMILES string of the molecule is Cc1ccc2c(NC(=O)[C@@H]3C[C@@H]3F)cccc2c1Oc1ncccc1-c1ccnc(N[C@H]2CCCNC2)n1. The zero-order valence-corrected chi connectivity index (χ0v) is 21.1. The van der Waals surface area contributed by atoms with Crippen LogP contribution in [0.2, 0.25) is 0 Å². The first-order valence-electron chi connectivity index (χ1n) is 13.0. The van der Waals surface area contributed by atoms with E-state index in [0.29, 0.717) is 29.0 Å². The van der Waals surface area contributed by atoms with Crippen LogP contribution in [0.15, 0.2) is 60.9 Å². The number of ether oxygens (including phenoxy) is 1. The molecule has 2 aromatic heterocycles. The molecule has 2 aromatic carbocycles. The minimum atomic E-state index is -1.05. The minimum Gasteiger partial charge on any atom is -0.437 e. The van der Waals surface area contributed by atoms with E-state index in [1.54, 1.807) is 12.4 Å². The fourth-order valence-corrected chi connectivity index (χ4v) is 4.84. The lowest BCUT2D eigenvalue weighted by Crippen LogP contribution is -2.38. The molecule has 2 fully saturated rings. The summed E-state index contributed by atoms with van der Waals surface area (Å²) in [6.07, 6.45) is 4.83. The van der Waals surface area contributed by atoms with Gasteiger partial charge in [-0.1, -0.05) is 24.3 Å². The summed E-state index contributed by atoms with van der Waals surface area (Å²) in [6, 6.07) is 15.4. The second kappa shape index (κ2) is 10.3. The van der Waals surface area contributed by atoms with Crippen LogP contribution in [-0.2, 0) is 4.79 Å². The van der Waals surface area contributed by atoms with Gasteiger partial charge in [-0.3, -0.25) is 4.79 Å². The molecule has 1 saturated carbocycles. The first-order chi connectivity index (χ1) is 18.6. The Balaban J connectivity index is 1.31. The summed E-state index contributed by atoms with van der Waals surface area (Å²) >= 11 is 0. The van der Waals surface area contributed by atoms with Crippen molar-refractivity contribution in [1.29, 1.82) is 0 Å². The zero-order valence-electron chi connectivity index (χ0n) is 21.1. The number of hydrogen-bond acceptors (Lipinski definition) is 7. The number of pyridine rings is 1. The monoisotopic (exact) mass is 512 g/mol. The topological polar surface area (TPSA) is 101 Å². The standard InChI is InChI=1S/C29H29FN6O2/c1-17-9-10-19-20(6-2-8-24(19)35-27(37)22-15-23(22)30)26(17)38-28-21(7-4-13-32-28)25-11-14-33-29(36-25)34-18-5-3-12-31-16-18/h2,4,6-11,13-14,18,22-23,31H,3,5,12,15-16H2,1H3,(H,35,37)(H,33,34,36)/t18-,22+,23-/m0/s1. The minimum absolute atomic E-state index is 0.282. The van der Waals surface area contributed by atoms with Crippen molar-refractivity contribution in [3.05, 3.63) is 66.5 Å². The summed E-state index contributed by atoms with van der Waals surface area (Å²) in [6.45, 7) is 3.88. The molecule has 194 valence electrons. The number of aromatic nitrogens is 3. The molecule has 0 radical (unpaired) electrons. The number of carbonyl (C=O) groups excluding carboxylic acids is 1. The van der Waals surface area contributed by atoms with Crippen molar-refractivity contribution >= 4 is 28.3 Å². The van der Waals surface area contributed by atoms with Gasteiger partial charge in [0, 0.05) is 41.4 Å². The predicted octanol–water partition coefficient (Wildman–Crippen LogP) is 5.25. The number of fused-ring (bicyclic) bond motifs is 1. The summed E-state index contributed by atoms with van der Waals surface area (Å²) in [5, 5.41) is 11.3. The maximum atomic E-state index is 13.4. The van der Waals surface area contributed by atoms with E-state index in [4.69, 9.17) is 9.72 Å². The van der Waals surface area contributed by atoms with Crippen molar-refractivity contribution in [1.82, 2.24) is 20.3 Å². The second-order valence-corrected chi connectivity index (χ2v) is 9.87. The smallest absolute Gasteiger partial charge is 0.230 e. The van der Waals surface area contributed by atoms with Crippen LogP contribution in [0.1, 0.15) is 24.8 Å². The van der Waals surface area contributed by atoms with Crippen molar-refractivity contribution in [3.63, 3.8) is 0 Å². The van der Waals surface area contributed by atoms with Crippen molar-refractivity contribution in [2.75, 3.05) is 23.7 Å². The molecule has 3 heterocycles. The van der Waals surface area contributed by atoms with Gasteiger partial charge in [0.05, 0.1) is 17.2 Å². The third-order valence-electron chi connectivity index (χ3n) is 7.05. The molecule has 1 aliphatic carbocycles. The number of carbonyl (C=O) groups is 1. The molecule has 3 N–H and O–H groups in total. The molecule has 2 aliphatic rings. The summed E-state index contributed by atoms with van der Waals surface area (Å²) < 4.78 is 19.9. The third kappa shape index (κ3) is 5.02. The van der Waals surface area contributed by atoms with Crippen LogP contribution in [0.4, 0.5) is 16.0 Å². The molecular weight excluding hydrogens is 483 g/mol. The van der Waals surface area contributed by atoms with Crippen molar-refractivity contribution in [3.8, 4) is 22.9 Å². The third-order valence-corrected chi connectivity index (χ3v) is 7.05. The van der Waals surface area contributed by atoms with E-state index in [0.717, 1.165) is 47.8 Å². The number of amides is 1. The van der Waals surface area contributed by atoms with E-state index in [-0.39, 0.29) is 18.4 Å². The summed E-state index contributed by atoms with van der Waals surface area (Å²) in [7, 11) is 0. The van der Waals surface area contributed by atoms with Crippen LogP contribution < -0.4 is 20.7 Å². The molecule has 3 atom stereocenters. The number of alkyl halides is 1. The van der Waals surface area contributed by atoms with Crippen LogP contribution in [0.5, 0.6) is 11.6 Å². The highest BCUT2D eigenvalue weighted by Gasteiger charge is 2.43. The summed E-state index contributed by atoms with van der Waals surface area (Å²) in [4.78, 5) is 26.1. The number of aryl methyl sites for hydroxylation is 1. The van der Waals surface area contributed by atoms with E-state index in [2.05, 4.69) is 25.9 Å². The highest BCUT2D eigenvalue weighted by Crippen LogP contribution is 2.40. The van der Waals surface area contributed by atoms with Crippen molar-refractivity contribution in [2.24, 2.45) is 5.92 Å². The quantitative estimate of drug-likeness (QED) is 0.311. The first-order valence-corrected chi connectivity index (χ1v) is 13.0. The van der Waals surface area contributed by atoms with Crippen LogP contribution in [0.3, 0.4) is 0 Å². The van der Waals surface area contributed by atoms with Gasteiger partial charge >= 0.3 is 0 Å². The average Bonchev–Trinajstić information content (AvgIpc) is 3.68. The zero-order chi connectivity index (χ0) is 26.1. The first kappa shape index (κ1) is 24.2. The van der Waals surface area contributed by atoms with E-state index in [1.807, 2.05) is 55.5 Å². The Bertz CT molecular complexity index is 1490. The van der Waals surface area contributed by atoms with Crippen LogP contribution >= 0.6 is 0 Å². The number of rotatable bonds is 7. The summed E-state index contributed by atoms with van der Waals surface area (Å²) in [5.41, 5.74) is 2.98. The average molecular weight is 513 g/mol. The highest BCUT2D eigenvalue weighted by molar-refractivity contribution is 6.05. The van der Waals surface area contributed by atoms with Gasteiger partial charge in [-0.15, -0.1) is 0 Å². The highest BCUT2D eigenvalue weighted by atomic mass is 19.1. The van der Waals surface area contributed by atoms with E-state index < -0.39 is 12.1 Å². The number of benzene rings is 2. The molecular formula is C29H29FN6O2. The molecule has 0 bridgehead atoms. The van der Waals surface area contributed by atoms with Gasteiger partial charge < -0.3 is 20.7 Å². The van der Waals surface area contributed by atoms with E-state index in [1.165, 1.54) is 0 Å². The molecule has 1 amide bonds. The fraction of sp³-hybridized carbons (Fsp3) is 0.310. The fourth-order valence-electron chi connectivity index (χ4n) is 4.84. The Morgan fingerprint density at radius 1 is 1.08 bits per heavy atom. The molecule has 0 unspecified atom stereocenters. The van der Waals surface area contributed by atoms with Crippen molar-refractivity contribution < 1.29 is 13.9 Å². The largest absolute Gasteiger partial charge is 0.437 e. The Kier molecular flexibility index (Phi) is 6.59. The predicted molar refractivity (Wildman–Crippen MR) is 145 cm³/mol. The molecule has 6 rings (SSSR count). The molecule has 1 saturated heterocycles. The van der Waals surface area contributed by atoms with Crippen LogP contribution in [0.25, 0.3) is 22.0 Å². The molecule has 8 nitrogen and oxygen atoms in total. The van der Waals surface area contributed by atoms with Gasteiger partial charge in [-0.2, -0.15) is 0 Å². The van der Waals surface area contributed by atoms with Crippen LogP contribution in [-0.4, -0.2) is 46.2 Å². The van der Waals surface area contributed by atoms with Gasteiger partial charge in [0.25, 0.3) is 0 Å². The number of nitrogens with zero attached hydrogens (tertiary/aromatic N) is 3. The lowest BCUT2D eigenvalue weighted by Gasteiger charge is -2.23. The Hall–Kier alpha value is -4.11. The number of nitrogens with one attached hydrogen (secondary N) is 3. The summed E-state index contributed by atoms with van der Waals surface area (Å²) in [5.74, 6) is 0.758. The van der Waals surface area contributed by atoms with Gasteiger partial charge in [0.15, 0.2) is 0 Å². The van der Waals surface area contributed by atoms with Crippen LogP contribution in [0, 0.1) is 12.8 Å². The molecule has 0 spiro atoms. The van der Waals surface area contributed by atoms with Gasteiger partial charge in [0.2, 0.25) is 17.7 Å². The number of anilines is 2. The van der Waals surface area contributed by atoms with Gasteiger partial charge in [0.1, 0.15) is 11.9 Å². The van der Waals surface area contributed by atoms with E-state index in [9.17, 15) is 9.18 Å². The lowest BCUT2D eigenvalue weighted by atomic mass is 10.0. The van der Waals surface area contributed by atoms with Gasteiger partial charge in [-0.05, 0) is 62.6 Å². The second-order valence-electron chi connectivity index (χ2n) is 9.87. The molecule has 38 heavy (non-hydrogen) atoms. The molecule has 4 aromatic rings. The maximum absolute atomic E-state index is 13.4. The number of piperidine rings is 1. The lowest BCUT2D eigenvalue weighted by molar-refractivity contribution is -0.117. The number of hydrogen-bond donors (Lipinski definition) is 3. The Labute approximate surface area is 220 Å². The van der Waals surface area contributed by atoms with Crippen molar-refractivity contribution in [2.45, 2.75) is 38.4 Å².